The highest BCUT2D eigenvalue weighted by Gasteiger charge is 2.24. The SMILES string of the molecule is CCn1nc(CO)c2c1CCN(Cc1cnc(-c3ccccc3C)s1)C2. The fourth-order valence-corrected chi connectivity index (χ4v) is 4.73. The molecule has 0 unspecified atom stereocenters. The number of nitrogens with zero attached hydrogens (tertiary/aromatic N) is 4. The maximum atomic E-state index is 9.63. The molecular weight excluding hydrogens is 344 g/mol. The minimum Gasteiger partial charge on any atom is -0.390 e. The Bertz CT molecular complexity index is 914. The molecule has 0 amide bonds. The van der Waals surface area contributed by atoms with E-state index in [2.05, 4.69) is 53.1 Å². The molecule has 0 spiro atoms. The lowest BCUT2D eigenvalue weighted by Gasteiger charge is -2.27. The Labute approximate surface area is 157 Å². The highest BCUT2D eigenvalue weighted by Crippen LogP contribution is 2.30. The predicted octanol–water partition coefficient (Wildman–Crippen LogP) is 3.39. The molecule has 1 aliphatic heterocycles. The average Bonchev–Trinajstić information content (AvgIpc) is 3.26. The number of hydrogen-bond donors (Lipinski definition) is 1. The maximum absolute atomic E-state index is 9.63. The minimum absolute atomic E-state index is 0.0150. The summed E-state index contributed by atoms with van der Waals surface area (Å²) < 4.78 is 2.04. The largest absolute Gasteiger partial charge is 0.390 e. The third-order valence-corrected chi connectivity index (χ3v) is 6.07. The van der Waals surface area contributed by atoms with E-state index in [1.54, 1.807) is 11.3 Å². The Morgan fingerprint density at radius 1 is 1.27 bits per heavy atom. The Morgan fingerprint density at radius 3 is 2.88 bits per heavy atom. The van der Waals surface area contributed by atoms with E-state index in [4.69, 9.17) is 0 Å². The van der Waals surface area contributed by atoms with Gasteiger partial charge < -0.3 is 5.11 Å². The number of aryl methyl sites for hydroxylation is 2. The molecule has 0 aliphatic carbocycles. The molecule has 2 aromatic heterocycles. The van der Waals surface area contributed by atoms with Crippen molar-refractivity contribution in [3.05, 3.63) is 57.9 Å². The first-order chi connectivity index (χ1) is 12.7. The maximum Gasteiger partial charge on any atom is 0.123 e. The smallest absolute Gasteiger partial charge is 0.123 e. The van der Waals surface area contributed by atoms with Crippen LogP contribution in [-0.2, 0) is 32.7 Å². The molecule has 0 radical (unpaired) electrons. The first-order valence-corrected chi connectivity index (χ1v) is 9.92. The van der Waals surface area contributed by atoms with Gasteiger partial charge in [0.15, 0.2) is 0 Å². The summed E-state index contributed by atoms with van der Waals surface area (Å²) in [5.74, 6) is 0. The summed E-state index contributed by atoms with van der Waals surface area (Å²) >= 11 is 1.77. The van der Waals surface area contributed by atoms with Crippen molar-refractivity contribution < 1.29 is 5.11 Å². The quantitative estimate of drug-likeness (QED) is 0.750. The molecule has 136 valence electrons. The summed E-state index contributed by atoms with van der Waals surface area (Å²) in [6.45, 7) is 7.86. The van der Waals surface area contributed by atoms with Gasteiger partial charge in [0.05, 0.1) is 12.3 Å². The number of aliphatic hydroxyl groups excluding tert-OH is 1. The van der Waals surface area contributed by atoms with Crippen molar-refractivity contribution in [3.63, 3.8) is 0 Å². The molecule has 5 nitrogen and oxygen atoms in total. The number of hydrogen-bond acceptors (Lipinski definition) is 5. The second-order valence-corrected chi connectivity index (χ2v) is 7.87. The molecule has 0 saturated carbocycles. The van der Waals surface area contributed by atoms with Crippen molar-refractivity contribution in [2.75, 3.05) is 6.54 Å². The van der Waals surface area contributed by atoms with Gasteiger partial charge in [0, 0.05) is 60.5 Å². The van der Waals surface area contributed by atoms with Crippen molar-refractivity contribution in [2.24, 2.45) is 0 Å². The molecule has 1 aromatic carbocycles. The zero-order valence-corrected chi connectivity index (χ0v) is 16.1. The van der Waals surface area contributed by atoms with Crippen molar-refractivity contribution >= 4 is 11.3 Å². The van der Waals surface area contributed by atoms with Crippen LogP contribution in [0.15, 0.2) is 30.5 Å². The average molecular weight is 369 g/mol. The van der Waals surface area contributed by atoms with Crippen molar-refractivity contribution in [1.82, 2.24) is 19.7 Å². The van der Waals surface area contributed by atoms with E-state index >= 15 is 0 Å². The first-order valence-electron chi connectivity index (χ1n) is 9.11. The van der Waals surface area contributed by atoms with E-state index in [1.807, 2.05) is 10.9 Å². The van der Waals surface area contributed by atoms with Crippen molar-refractivity contribution in [2.45, 2.75) is 46.5 Å². The molecule has 0 saturated heterocycles. The Morgan fingerprint density at radius 2 is 2.12 bits per heavy atom. The summed E-state index contributed by atoms with van der Waals surface area (Å²) in [4.78, 5) is 8.35. The van der Waals surface area contributed by atoms with E-state index in [1.165, 1.54) is 27.3 Å². The highest BCUT2D eigenvalue weighted by molar-refractivity contribution is 7.15. The monoisotopic (exact) mass is 368 g/mol. The number of aromatic nitrogens is 3. The molecule has 3 aromatic rings. The zero-order valence-electron chi connectivity index (χ0n) is 15.3. The molecule has 0 fully saturated rings. The van der Waals surface area contributed by atoms with Gasteiger partial charge in [-0.3, -0.25) is 9.58 Å². The van der Waals surface area contributed by atoms with E-state index in [0.717, 1.165) is 43.3 Å². The van der Waals surface area contributed by atoms with Crippen LogP contribution in [0.2, 0.25) is 0 Å². The van der Waals surface area contributed by atoms with Crippen LogP contribution >= 0.6 is 11.3 Å². The highest BCUT2D eigenvalue weighted by atomic mass is 32.1. The Kier molecular flexibility index (Phi) is 4.89. The van der Waals surface area contributed by atoms with Gasteiger partial charge in [-0.15, -0.1) is 11.3 Å². The minimum atomic E-state index is 0.0150. The number of thiazole rings is 1. The van der Waals surface area contributed by atoms with Gasteiger partial charge in [-0.2, -0.15) is 5.10 Å². The van der Waals surface area contributed by atoms with Crippen LogP contribution in [0.3, 0.4) is 0 Å². The third kappa shape index (κ3) is 3.20. The molecule has 1 aliphatic rings. The van der Waals surface area contributed by atoms with E-state index in [-0.39, 0.29) is 6.61 Å². The van der Waals surface area contributed by atoms with Gasteiger partial charge in [-0.1, -0.05) is 24.3 Å². The van der Waals surface area contributed by atoms with Crippen LogP contribution in [-0.4, -0.2) is 31.3 Å². The van der Waals surface area contributed by atoms with E-state index < -0.39 is 0 Å². The molecule has 3 heterocycles. The molecule has 1 N–H and O–H groups in total. The molecule has 26 heavy (non-hydrogen) atoms. The summed E-state index contributed by atoms with van der Waals surface area (Å²) in [6.07, 6.45) is 2.99. The van der Waals surface area contributed by atoms with Crippen LogP contribution < -0.4 is 0 Å². The van der Waals surface area contributed by atoms with Gasteiger partial charge in [-0.05, 0) is 19.4 Å². The second kappa shape index (κ2) is 7.31. The summed E-state index contributed by atoms with van der Waals surface area (Å²) in [5, 5.41) is 15.3. The third-order valence-electron chi connectivity index (χ3n) is 5.05. The topological polar surface area (TPSA) is 54.2 Å². The van der Waals surface area contributed by atoms with Crippen molar-refractivity contribution in [3.8, 4) is 10.6 Å². The van der Waals surface area contributed by atoms with Crippen molar-refractivity contribution in [1.29, 1.82) is 0 Å². The van der Waals surface area contributed by atoms with Gasteiger partial charge in [0.2, 0.25) is 0 Å². The number of benzene rings is 1. The lowest BCUT2D eigenvalue weighted by Crippen LogP contribution is -2.30. The van der Waals surface area contributed by atoms with Crippen LogP contribution in [0.5, 0.6) is 0 Å². The van der Waals surface area contributed by atoms with Crippen LogP contribution in [0, 0.1) is 6.92 Å². The number of aliphatic hydroxyl groups is 1. The lowest BCUT2D eigenvalue weighted by atomic mass is 10.1. The number of rotatable bonds is 5. The molecule has 0 bridgehead atoms. The van der Waals surface area contributed by atoms with Gasteiger partial charge in [0.1, 0.15) is 5.01 Å². The van der Waals surface area contributed by atoms with Gasteiger partial charge in [-0.25, -0.2) is 4.98 Å². The second-order valence-electron chi connectivity index (χ2n) is 6.75. The summed E-state index contributed by atoms with van der Waals surface area (Å²) in [6, 6.07) is 8.40. The van der Waals surface area contributed by atoms with Crippen LogP contribution in [0.1, 0.15) is 34.3 Å². The van der Waals surface area contributed by atoms with Gasteiger partial charge in [0.25, 0.3) is 0 Å². The normalized spacial score (nSPS) is 14.6. The zero-order chi connectivity index (χ0) is 18.1. The van der Waals surface area contributed by atoms with Crippen LogP contribution in [0.25, 0.3) is 10.6 Å². The van der Waals surface area contributed by atoms with E-state index in [9.17, 15) is 5.11 Å². The van der Waals surface area contributed by atoms with Crippen LogP contribution in [0.4, 0.5) is 0 Å². The Hall–Kier alpha value is -2.02. The van der Waals surface area contributed by atoms with Gasteiger partial charge >= 0.3 is 0 Å². The molecule has 0 atom stereocenters. The lowest BCUT2D eigenvalue weighted by molar-refractivity contribution is 0.237. The molecular formula is C20H24N4OS. The standard InChI is InChI=1S/C20H24N4OS/c1-3-24-19-8-9-23(12-17(19)18(13-25)22-24)11-15-10-21-20(26-15)16-7-5-4-6-14(16)2/h4-7,10,25H,3,8-9,11-13H2,1-2H3. The Balaban J connectivity index is 1.51. The first kappa shape index (κ1) is 17.4. The fraction of sp³-hybridized carbons (Fsp3) is 0.400. The van der Waals surface area contributed by atoms with E-state index in [0.29, 0.717) is 0 Å². The predicted molar refractivity (Wildman–Crippen MR) is 104 cm³/mol. The molecule has 4 rings (SSSR count). The summed E-state index contributed by atoms with van der Waals surface area (Å²) in [5.41, 5.74) is 5.81. The fourth-order valence-electron chi connectivity index (χ4n) is 3.68. The summed E-state index contributed by atoms with van der Waals surface area (Å²) in [7, 11) is 0. The number of fused-ring (bicyclic) bond motifs is 1. The molecule has 6 heteroatoms.